The Hall–Kier alpha value is -1.06. The second kappa shape index (κ2) is 5.98. The summed E-state index contributed by atoms with van der Waals surface area (Å²) >= 11 is 0. The lowest BCUT2D eigenvalue weighted by Crippen LogP contribution is -2.50. The van der Waals surface area contributed by atoms with E-state index in [1.165, 1.54) is 32.1 Å². The van der Waals surface area contributed by atoms with Gasteiger partial charge in [0.1, 0.15) is 5.75 Å². The molecule has 0 amide bonds. The molecule has 1 aromatic carbocycles. The van der Waals surface area contributed by atoms with Crippen molar-refractivity contribution in [1.82, 2.24) is 4.90 Å². The molecule has 21 heavy (non-hydrogen) atoms. The molecule has 3 nitrogen and oxygen atoms in total. The zero-order chi connectivity index (χ0) is 14.9. The highest BCUT2D eigenvalue weighted by molar-refractivity contribution is 5.31. The average molecular weight is 289 g/mol. The van der Waals surface area contributed by atoms with Crippen LogP contribution in [0.15, 0.2) is 24.3 Å². The summed E-state index contributed by atoms with van der Waals surface area (Å²) < 4.78 is 5.79. The summed E-state index contributed by atoms with van der Waals surface area (Å²) in [4.78, 5) is 2.23. The maximum absolute atomic E-state index is 11.0. The van der Waals surface area contributed by atoms with Crippen LogP contribution in [0.2, 0.25) is 0 Å². The van der Waals surface area contributed by atoms with E-state index in [1.807, 2.05) is 24.3 Å². The number of hydrogen-bond acceptors (Lipinski definition) is 3. The molecule has 2 aliphatic carbocycles. The van der Waals surface area contributed by atoms with Gasteiger partial charge in [0.15, 0.2) is 0 Å². The topological polar surface area (TPSA) is 32.7 Å². The Morgan fingerprint density at radius 1 is 1.10 bits per heavy atom. The monoisotopic (exact) mass is 289 g/mol. The Morgan fingerprint density at radius 2 is 1.71 bits per heavy atom. The molecule has 1 atom stereocenters. The molecule has 3 rings (SSSR count). The van der Waals surface area contributed by atoms with Crippen LogP contribution in [-0.4, -0.2) is 35.7 Å². The molecule has 1 N–H and O–H groups in total. The molecular formula is C18H27NO2. The molecule has 0 saturated heterocycles. The number of likely N-dealkylation sites (N-methyl/N-ethyl adjacent to an activating group) is 1. The summed E-state index contributed by atoms with van der Waals surface area (Å²) in [6.45, 7) is 0. The highest BCUT2D eigenvalue weighted by Crippen LogP contribution is 2.42. The molecule has 0 bridgehead atoms. The van der Waals surface area contributed by atoms with Crippen LogP contribution in [0.25, 0.3) is 0 Å². The van der Waals surface area contributed by atoms with E-state index in [1.54, 1.807) is 0 Å². The molecule has 2 saturated carbocycles. The number of benzene rings is 1. The quantitative estimate of drug-likeness (QED) is 0.900. The zero-order valence-corrected chi connectivity index (χ0v) is 13.2. The van der Waals surface area contributed by atoms with Crippen LogP contribution in [0.4, 0.5) is 0 Å². The fraction of sp³-hybridized carbons (Fsp3) is 0.667. The number of hydrogen-bond donors (Lipinski definition) is 1. The van der Waals surface area contributed by atoms with Crippen molar-refractivity contribution >= 4 is 0 Å². The predicted octanol–water partition coefficient (Wildman–Crippen LogP) is 3.53. The highest BCUT2D eigenvalue weighted by atomic mass is 16.5. The maximum Gasteiger partial charge on any atom is 0.119 e. The third-order valence-corrected chi connectivity index (χ3v) is 5.14. The zero-order valence-electron chi connectivity index (χ0n) is 13.2. The molecule has 0 aromatic heterocycles. The van der Waals surface area contributed by atoms with Gasteiger partial charge in [-0.25, -0.2) is 0 Å². The fourth-order valence-corrected chi connectivity index (χ4v) is 3.55. The van der Waals surface area contributed by atoms with Crippen LogP contribution < -0.4 is 4.74 Å². The van der Waals surface area contributed by atoms with Gasteiger partial charge >= 0.3 is 0 Å². The largest absolute Gasteiger partial charge is 0.490 e. The number of rotatable bonds is 5. The minimum Gasteiger partial charge on any atom is -0.490 e. The van der Waals surface area contributed by atoms with Crippen molar-refractivity contribution in [2.75, 3.05) is 14.1 Å². The maximum atomic E-state index is 11.0. The van der Waals surface area contributed by atoms with Gasteiger partial charge in [0.25, 0.3) is 0 Å². The first-order valence-electron chi connectivity index (χ1n) is 8.24. The molecule has 0 spiro atoms. The summed E-state index contributed by atoms with van der Waals surface area (Å²) in [7, 11) is 4.19. The van der Waals surface area contributed by atoms with Crippen LogP contribution in [0.1, 0.15) is 56.6 Å². The van der Waals surface area contributed by atoms with E-state index < -0.39 is 6.10 Å². The van der Waals surface area contributed by atoms with Crippen LogP contribution in [0.5, 0.6) is 5.75 Å². The minimum atomic E-state index is -0.428. The Bertz CT molecular complexity index is 459. The lowest BCUT2D eigenvalue weighted by Gasteiger charge is -2.46. The van der Waals surface area contributed by atoms with Crippen LogP contribution in [-0.2, 0) is 0 Å². The number of nitrogens with zero attached hydrogens (tertiary/aromatic N) is 1. The first kappa shape index (κ1) is 14.9. The minimum absolute atomic E-state index is 0.114. The van der Waals surface area contributed by atoms with E-state index >= 15 is 0 Å². The Morgan fingerprint density at radius 3 is 2.24 bits per heavy atom. The van der Waals surface area contributed by atoms with Crippen molar-refractivity contribution in [2.45, 2.75) is 62.7 Å². The normalized spacial score (nSPS) is 23.0. The number of ether oxygens (including phenoxy) is 1. The molecule has 0 radical (unpaired) electrons. The van der Waals surface area contributed by atoms with E-state index in [2.05, 4.69) is 19.0 Å². The summed E-state index contributed by atoms with van der Waals surface area (Å²) in [5.41, 5.74) is 0.894. The molecule has 1 unspecified atom stereocenters. The van der Waals surface area contributed by atoms with Crippen molar-refractivity contribution < 1.29 is 9.84 Å². The average Bonchev–Trinajstić information content (AvgIpc) is 3.32. The third-order valence-electron chi connectivity index (χ3n) is 5.14. The standard InChI is InChI=1S/C18H27NO2/c1-19(2)18(12-4-3-5-13-18)17(20)14-6-8-15(9-7-14)21-16-10-11-16/h6-9,16-17,20H,3-5,10-13H2,1-2H3. The number of aliphatic hydroxyl groups excluding tert-OH is 1. The fourth-order valence-electron chi connectivity index (χ4n) is 3.55. The molecule has 0 heterocycles. The van der Waals surface area contributed by atoms with Crippen LogP contribution >= 0.6 is 0 Å². The van der Waals surface area contributed by atoms with Gasteiger partial charge in [-0.15, -0.1) is 0 Å². The lowest BCUT2D eigenvalue weighted by molar-refractivity contribution is -0.0336. The molecule has 0 aliphatic heterocycles. The molecule has 3 heteroatoms. The van der Waals surface area contributed by atoms with Gasteiger partial charge in [-0.1, -0.05) is 31.4 Å². The first-order valence-corrected chi connectivity index (χ1v) is 8.24. The van der Waals surface area contributed by atoms with Gasteiger partial charge in [0.2, 0.25) is 0 Å². The van der Waals surface area contributed by atoms with Crippen molar-refractivity contribution in [3.63, 3.8) is 0 Å². The Balaban J connectivity index is 1.76. The smallest absolute Gasteiger partial charge is 0.119 e. The summed E-state index contributed by atoms with van der Waals surface area (Å²) in [6, 6.07) is 8.07. The number of aliphatic hydroxyl groups is 1. The van der Waals surface area contributed by atoms with Gasteiger partial charge in [-0.2, -0.15) is 0 Å². The van der Waals surface area contributed by atoms with Gasteiger partial charge in [0.05, 0.1) is 17.7 Å². The van der Waals surface area contributed by atoms with E-state index in [4.69, 9.17) is 4.74 Å². The van der Waals surface area contributed by atoms with Crippen molar-refractivity contribution in [3.8, 4) is 5.75 Å². The third kappa shape index (κ3) is 3.09. The van der Waals surface area contributed by atoms with Crippen molar-refractivity contribution in [1.29, 1.82) is 0 Å². The van der Waals surface area contributed by atoms with Gasteiger partial charge in [-0.05, 0) is 57.5 Å². The van der Waals surface area contributed by atoms with E-state index in [9.17, 15) is 5.11 Å². The van der Waals surface area contributed by atoms with E-state index in [0.717, 1.165) is 24.2 Å². The second-order valence-electron chi connectivity index (χ2n) is 6.85. The molecule has 116 valence electrons. The van der Waals surface area contributed by atoms with E-state index in [-0.39, 0.29) is 5.54 Å². The molecule has 2 fully saturated rings. The predicted molar refractivity (Wildman–Crippen MR) is 84.6 cm³/mol. The Kier molecular flexibility index (Phi) is 4.23. The lowest BCUT2D eigenvalue weighted by atomic mass is 9.74. The van der Waals surface area contributed by atoms with Gasteiger partial charge in [0, 0.05) is 0 Å². The van der Waals surface area contributed by atoms with Gasteiger partial charge in [-0.3, -0.25) is 0 Å². The molecular weight excluding hydrogens is 262 g/mol. The van der Waals surface area contributed by atoms with Gasteiger partial charge < -0.3 is 14.7 Å². The van der Waals surface area contributed by atoms with Crippen molar-refractivity contribution in [3.05, 3.63) is 29.8 Å². The first-order chi connectivity index (χ1) is 10.1. The summed E-state index contributed by atoms with van der Waals surface area (Å²) in [5.74, 6) is 0.927. The molecule has 1 aromatic rings. The summed E-state index contributed by atoms with van der Waals surface area (Å²) in [5, 5.41) is 11.0. The highest BCUT2D eigenvalue weighted by Gasteiger charge is 2.41. The van der Waals surface area contributed by atoms with Crippen molar-refractivity contribution in [2.24, 2.45) is 0 Å². The molecule has 2 aliphatic rings. The van der Waals surface area contributed by atoms with Crippen LogP contribution in [0, 0.1) is 0 Å². The SMILES string of the molecule is CN(C)C1(C(O)c2ccc(OC3CC3)cc2)CCCCC1. The Labute approximate surface area is 127 Å². The second-order valence-corrected chi connectivity index (χ2v) is 6.85. The van der Waals surface area contributed by atoms with Crippen LogP contribution in [0.3, 0.4) is 0 Å². The van der Waals surface area contributed by atoms with E-state index in [0.29, 0.717) is 6.10 Å². The summed E-state index contributed by atoms with van der Waals surface area (Å²) in [6.07, 6.45) is 8.19.